The number of nitrogens with zero attached hydrogens (tertiary/aromatic N) is 3. The lowest BCUT2D eigenvalue weighted by atomic mass is 9.97. The number of benzene rings is 7. The van der Waals surface area contributed by atoms with Gasteiger partial charge in [0.05, 0.1) is 22.2 Å². The molecule has 0 spiro atoms. The quantitative estimate of drug-likeness (QED) is 0.186. The van der Waals surface area contributed by atoms with Gasteiger partial charge in [0.1, 0.15) is 11.3 Å². The average Bonchev–Trinajstić information content (AvgIpc) is 3.86. The normalized spacial score (nSPS) is 11.7. The van der Waals surface area contributed by atoms with Crippen molar-refractivity contribution in [1.29, 1.82) is 0 Å². The van der Waals surface area contributed by atoms with Crippen LogP contribution < -0.4 is 0 Å². The van der Waals surface area contributed by atoms with E-state index >= 15 is 0 Å². The van der Waals surface area contributed by atoms with E-state index in [4.69, 9.17) is 14.4 Å². The highest BCUT2D eigenvalue weighted by atomic mass is 16.3. The van der Waals surface area contributed by atoms with E-state index in [1.54, 1.807) is 0 Å². The number of aromatic nitrogens is 3. The summed E-state index contributed by atoms with van der Waals surface area (Å²) in [4.78, 5) is 10.4. The largest absolute Gasteiger partial charge is 0.455 e. The molecule has 0 bridgehead atoms. The zero-order chi connectivity index (χ0) is 35.6. The molecule has 0 atom stereocenters. The minimum absolute atomic E-state index is 0.658. The van der Waals surface area contributed by atoms with E-state index < -0.39 is 0 Å². The molecule has 0 radical (unpaired) electrons. The lowest BCUT2D eigenvalue weighted by Crippen LogP contribution is -2.03. The van der Waals surface area contributed by atoms with Crippen LogP contribution in [-0.2, 0) is 0 Å². The van der Waals surface area contributed by atoms with Gasteiger partial charge in [-0.3, -0.25) is 4.57 Å². The van der Waals surface area contributed by atoms with Crippen molar-refractivity contribution in [3.05, 3.63) is 158 Å². The predicted molar refractivity (Wildman–Crippen MR) is 223 cm³/mol. The molecule has 4 heteroatoms. The smallest absolute Gasteiger partial charge is 0.235 e. The van der Waals surface area contributed by atoms with Crippen LogP contribution in [-0.4, -0.2) is 14.5 Å². The standard InChI is InChI=1S/C46H27N3O.C3H8/c1-2-27-19-22-35-42-31(27)15-10-16-34(42)43-37-26-30(21-24-41(37)50-45(35)43)29-20-23-40-36(25-29)32-13-7-9-18-39(32)49(40)46-47-38-17-8-6-14-33(38)44(48-46)28-11-4-3-5-12-28;1-3-2/h2-26H,1H2;3H2,1-2H3. The molecule has 1 aliphatic rings. The molecule has 252 valence electrons. The first-order valence-electron chi connectivity index (χ1n) is 18.3. The number of hydrogen-bond donors (Lipinski definition) is 0. The molecule has 3 aromatic heterocycles. The molecule has 3 heterocycles. The summed E-state index contributed by atoms with van der Waals surface area (Å²) >= 11 is 0. The predicted octanol–water partition coefficient (Wildman–Crippen LogP) is 13.7. The van der Waals surface area contributed by atoms with Gasteiger partial charge in [0, 0.05) is 43.6 Å². The Balaban J connectivity index is 0.00000113. The van der Waals surface area contributed by atoms with Crippen molar-refractivity contribution >= 4 is 60.5 Å². The molecule has 1 aliphatic carbocycles. The maximum absolute atomic E-state index is 6.56. The lowest BCUT2D eigenvalue weighted by molar-refractivity contribution is 0.634. The van der Waals surface area contributed by atoms with Gasteiger partial charge >= 0.3 is 0 Å². The molecule has 0 amide bonds. The van der Waals surface area contributed by atoms with Crippen molar-refractivity contribution < 1.29 is 4.42 Å². The number of fused-ring (bicyclic) bond motifs is 9. The van der Waals surface area contributed by atoms with Crippen LogP contribution in [0.5, 0.6) is 0 Å². The van der Waals surface area contributed by atoms with E-state index in [1.807, 2.05) is 24.3 Å². The highest BCUT2D eigenvalue weighted by molar-refractivity contribution is 6.21. The van der Waals surface area contributed by atoms with Gasteiger partial charge in [-0.1, -0.05) is 136 Å². The summed E-state index contributed by atoms with van der Waals surface area (Å²) in [6.45, 7) is 8.30. The van der Waals surface area contributed by atoms with Crippen molar-refractivity contribution in [2.45, 2.75) is 20.3 Å². The second-order valence-corrected chi connectivity index (χ2v) is 13.7. The Morgan fingerprint density at radius 2 is 1.28 bits per heavy atom. The van der Waals surface area contributed by atoms with Gasteiger partial charge in [-0.25, -0.2) is 9.97 Å². The Hall–Kier alpha value is -6.78. The second-order valence-electron chi connectivity index (χ2n) is 13.7. The zero-order valence-corrected chi connectivity index (χ0v) is 29.6. The first-order valence-corrected chi connectivity index (χ1v) is 18.3. The molecule has 11 rings (SSSR count). The third-order valence-corrected chi connectivity index (χ3v) is 10.3. The average molecular weight is 682 g/mol. The maximum Gasteiger partial charge on any atom is 0.235 e. The molecule has 0 saturated heterocycles. The summed E-state index contributed by atoms with van der Waals surface area (Å²) < 4.78 is 8.76. The number of hydrogen-bond acceptors (Lipinski definition) is 3. The fourth-order valence-corrected chi connectivity index (χ4v) is 8.09. The van der Waals surface area contributed by atoms with Crippen LogP contribution in [0.25, 0.3) is 111 Å². The minimum Gasteiger partial charge on any atom is -0.455 e. The van der Waals surface area contributed by atoms with E-state index in [2.05, 4.69) is 152 Å². The van der Waals surface area contributed by atoms with E-state index in [-0.39, 0.29) is 0 Å². The summed E-state index contributed by atoms with van der Waals surface area (Å²) in [7, 11) is 0. The first-order chi connectivity index (χ1) is 26.2. The van der Waals surface area contributed by atoms with Crippen LogP contribution >= 0.6 is 0 Å². The van der Waals surface area contributed by atoms with Crippen LogP contribution in [0.4, 0.5) is 0 Å². The Kier molecular flexibility index (Phi) is 7.12. The summed E-state index contributed by atoms with van der Waals surface area (Å²) in [5.74, 6) is 1.60. The SMILES string of the molecule is C=Cc1ccc2c3c(cccc13)-c1c-2oc2ccc(-c3ccc4c(c3)c3ccccc3n4-c3nc(-c4ccccc4)c4ccccc4n3)cc12.CCC. The summed E-state index contributed by atoms with van der Waals surface area (Å²) in [6.07, 6.45) is 3.18. The molecule has 0 N–H and O–H groups in total. The van der Waals surface area contributed by atoms with Gasteiger partial charge in [-0.2, -0.15) is 0 Å². The summed E-state index contributed by atoms with van der Waals surface area (Å²) in [5, 5.41) is 6.93. The van der Waals surface area contributed by atoms with E-state index in [9.17, 15) is 0 Å². The summed E-state index contributed by atoms with van der Waals surface area (Å²) in [5.41, 5.74) is 12.9. The number of rotatable bonds is 4. The van der Waals surface area contributed by atoms with Crippen LogP contribution in [0, 0.1) is 0 Å². The highest BCUT2D eigenvalue weighted by Crippen LogP contribution is 2.53. The van der Waals surface area contributed by atoms with Crippen molar-refractivity contribution in [2.24, 2.45) is 0 Å². The third-order valence-electron chi connectivity index (χ3n) is 10.3. The fourth-order valence-electron chi connectivity index (χ4n) is 8.09. The van der Waals surface area contributed by atoms with Crippen molar-refractivity contribution in [3.63, 3.8) is 0 Å². The Bertz CT molecular complexity index is 3070. The molecule has 4 nitrogen and oxygen atoms in total. The van der Waals surface area contributed by atoms with Crippen molar-refractivity contribution in [3.8, 4) is 50.8 Å². The molecule has 0 saturated carbocycles. The van der Waals surface area contributed by atoms with Crippen LogP contribution in [0.1, 0.15) is 25.8 Å². The molecule has 0 aliphatic heterocycles. The fraction of sp³-hybridized carbons (Fsp3) is 0.0612. The summed E-state index contributed by atoms with van der Waals surface area (Å²) in [6, 6.07) is 51.3. The topological polar surface area (TPSA) is 43.9 Å². The van der Waals surface area contributed by atoms with E-state index in [0.29, 0.717) is 5.95 Å². The molecular formula is C49H35N3O. The van der Waals surface area contributed by atoms with Gasteiger partial charge in [0.15, 0.2) is 0 Å². The molecule has 7 aromatic carbocycles. The first kappa shape index (κ1) is 31.0. The van der Waals surface area contributed by atoms with Gasteiger partial charge in [0.25, 0.3) is 0 Å². The van der Waals surface area contributed by atoms with Gasteiger partial charge in [-0.15, -0.1) is 0 Å². The molecule has 0 fully saturated rings. The number of para-hydroxylation sites is 2. The van der Waals surface area contributed by atoms with E-state index in [1.165, 1.54) is 28.3 Å². The second kappa shape index (κ2) is 12.2. The van der Waals surface area contributed by atoms with Gasteiger partial charge < -0.3 is 4.42 Å². The Morgan fingerprint density at radius 3 is 2.11 bits per heavy atom. The van der Waals surface area contributed by atoms with Crippen LogP contribution in [0.15, 0.2) is 157 Å². The molecule has 10 aromatic rings. The lowest BCUT2D eigenvalue weighted by Gasteiger charge is -2.12. The Labute approximate surface area is 307 Å². The number of furan rings is 1. The van der Waals surface area contributed by atoms with Crippen LogP contribution in [0.2, 0.25) is 0 Å². The maximum atomic E-state index is 6.56. The highest BCUT2D eigenvalue weighted by Gasteiger charge is 2.28. The third kappa shape index (κ3) is 4.69. The van der Waals surface area contributed by atoms with Gasteiger partial charge in [-0.05, 0) is 70.1 Å². The molecule has 0 unspecified atom stereocenters. The molecular weight excluding hydrogens is 647 g/mol. The van der Waals surface area contributed by atoms with Gasteiger partial charge in [0.2, 0.25) is 5.95 Å². The van der Waals surface area contributed by atoms with Crippen molar-refractivity contribution in [2.75, 3.05) is 0 Å². The van der Waals surface area contributed by atoms with Crippen LogP contribution in [0.3, 0.4) is 0 Å². The van der Waals surface area contributed by atoms with Crippen molar-refractivity contribution in [1.82, 2.24) is 14.5 Å². The zero-order valence-electron chi connectivity index (χ0n) is 29.6. The minimum atomic E-state index is 0.658. The Morgan fingerprint density at radius 1 is 0.585 bits per heavy atom. The van der Waals surface area contributed by atoms with E-state index in [0.717, 1.165) is 82.9 Å². The monoisotopic (exact) mass is 681 g/mol. The molecule has 53 heavy (non-hydrogen) atoms.